The van der Waals surface area contributed by atoms with Gasteiger partial charge in [-0.25, -0.2) is 14.6 Å². The van der Waals surface area contributed by atoms with Gasteiger partial charge in [0.1, 0.15) is 31.4 Å². The van der Waals surface area contributed by atoms with E-state index in [0.29, 0.717) is 16.9 Å². The Bertz CT molecular complexity index is 1470. The molecule has 0 aliphatic heterocycles. The summed E-state index contributed by atoms with van der Waals surface area (Å²) in [5.41, 5.74) is 2.92. The Hall–Kier alpha value is -3.98. The smallest absolute Gasteiger partial charge is 0.408 e. The molecule has 1 aromatic heterocycles. The summed E-state index contributed by atoms with van der Waals surface area (Å²) in [6.07, 6.45) is -0.956. The van der Waals surface area contributed by atoms with Gasteiger partial charge in [0.05, 0.1) is 24.2 Å². The molecule has 1 N–H and O–H groups in total. The molecule has 0 saturated carbocycles. The van der Waals surface area contributed by atoms with Crippen LogP contribution in [-0.4, -0.2) is 40.9 Å². The number of para-hydroxylation sites is 2. The van der Waals surface area contributed by atoms with E-state index in [0.717, 1.165) is 11.1 Å². The van der Waals surface area contributed by atoms with Crippen molar-refractivity contribution in [2.45, 2.75) is 45.8 Å². The van der Waals surface area contributed by atoms with Gasteiger partial charge in [-0.2, -0.15) is 0 Å². The first-order valence-electron chi connectivity index (χ1n) is 13.4. The fourth-order valence-corrected chi connectivity index (χ4v) is 5.92. The number of ether oxygens (including phenoxy) is 2. The third kappa shape index (κ3) is 8.50. The first kappa shape index (κ1) is 30.0. The maximum Gasteiger partial charge on any atom is 0.408 e. The maximum absolute atomic E-state index is 13.5. The molecule has 0 unspecified atom stereocenters. The quantitative estimate of drug-likeness (QED) is 0.146. The lowest BCUT2D eigenvalue weighted by Gasteiger charge is -2.21. The molecule has 0 bridgehead atoms. The second-order valence-corrected chi connectivity index (χ2v) is 11.1. The van der Waals surface area contributed by atoms with Crippen LogP contribution in [0.4, 0.5) is 4.79 Å². The van der Waals surface area contributed by atoms with E-state index in [1.807, 2.05) is 84.9 Å². The fourth-order valence-electron chi connectivity index (χ4n) is 4.24. The monoisotopic (exact) mass is 579 g/mol. The van der Waals surface area contributed by atoms with E-state index < -0.39 is 25.7 Å². The Morgan fingerprint density at radius 2 is 1.39 bits per heavy atom. The molecule has 216 valence electrons. The van der Waals surface area contributed by atoms with Gasteiger partial charge in [-0.3, -0.25) is 4.57 Å². The first-order chi connectivity index (χ1) is 19.9. The lowest BCUT2D eigenvalue weighted by Crippen LogP contribution is -2.44. The molecule has 0 aliphatic rings. The molecule has 10 nitrogen and oxygen atoms in total. The van der Waals surface area contributed by atoms with Crippen LogP contribution in [0, 0.1) is 0 Å². The van der Waals surface area contributed by atoms with E-state index in [2.05, 4.69) is 10.3 Å². The second kappa shape index (κ2) is 14.6. The summed E-state index contributed by atoms with van der Waals surface area (Å²) in [6, 6.07) is 24.6. The van der Waals surface area contributed by atoms with Gasteiger partial charge in [-0.05, 0) is 37.1 Å². The number of benzene rings is 3. The van der Waals surface area contributed by atoms with Gasteiger partial charge in [-0.1, -0.05) is 72.8 Å². The molecule has 0 fully saturated rings. The minimum Gasteiger partial charge on any atom is -0.459 e. The molecule has 1 heterocycles. The van der Waals surface area contributed by atoms with E-state index in [4.69, 9.17) is 18.5 Å². The van der Waals surface area contributed by atoms with Crippen LogP contribution >= 0.6 is 7.60 Å². The van der Waals surface area contributed by atoms with Crippen LogP contribution in [0.1, 0.15) is 30.8 Å². The molecular weight excluding hydrogens is 545 g/mol. The van der Waals surface area contributed by atoms with Crippen LogP contribution in [0.25, 0.3) is 11.0 Å². The molecule has 3 aromatic carbocycles. The highest BCUT2D eigenvalue weighted by molar-refractivity contribution is 7.52. The minimum atomic E-state index is -3.54. The number of aromatic nitrogens is 2. The number of carbonyl (C=O) groups excluding carboxylic acids is 2. The van der Waals surface area contributed by atoms with Gasteiger partial charge in [0.15, 0.2) is 0 Å². The van der Waals surface area contributed by atoms with Gasteiger partial charge in [0.2, 0.25) is 0 Å². The number of nitrogens with zero attached hydrogens (tertiary/aromatic N) is 2. The summed E-state index contributed by atoms with van der Waals surface area (Å²) >= 11 is 0. The van der Waals surface area contributed by atoms with Crippen molar-refractivity contribution in [1.29, 1.82) is 0 Å². The van der Waals surface area contributed by atoms with Crippen molar-refractivity contribution < 1.29 is 32.7 Å². The number of esters is 1. The summed E-state index contributed by atoms with van der Waals surface area (Å²) in [5.74, 6) is -0.266. The van der Waals surface area contributed by atoms with Crippen molar-refractivity contribution in [3.8, 4) is 0 Å². The van der Waals surface area contributed by atoms with Crippen LogP contribution in [0.15, 0.2) is 84.9 Å². The van der Waals surface area contributed by atoms with Gasteiger partial charge in [-0.15, -0.1) is 0 Å². The fraction of sp³-hybridized carbons (Fsp3) is 0.300. The van der Waals surface area contributed by atoms with E-state index in [1.165, 1.54) is 0 Å². The molecule has 0 radical (unpaired) electrons. The molecular formula is C30H34N3O7P. The number of fused-ring (bicyclic) bond motifs is 1. The average molecular weight is 580 g/mol. The molecule has 0 spiro atoms. The summed E-state index contributed by atoms with van der Waals surface area (Å²) < 4.78 is 37.2. The van der Waals surface area contributed by atoms with Crippen LogP contribution in [0.2, 0.25) is 0 Å². The number of carbonyl (C=O) groups is 2. The van der Waals surface area contributed by atoms with E-state index in [-0.39, 0.29) is 39.1 Å². The highest BCUT2D eigenvalue weighted by atomic mass is 31.2. The maximum atomic E-state index is 13.5. The molecule has 1 amide bonds. The van der Waals surface area contributed by atoms with Crippen molar-refractivity contribution in [2.24, 2.45) is 0 Å². The van der Waals surface area contributed by atoms with Crippen molar-refractivity contribution in [3.05, 3.63) is 102 Å². The number of hydrogen-bond acceptors (Lipinski definition) is 8. The Balaban J connectivity index is 1.59. The van der Waals surface area contributed by atoms with Crippen molar-refractivity contribution >= 4 is 30.7 Å². The minimum absolute atomic E-state index is 0.0250. The summed E-state index contributed by atoms with van der Waals surface area (Å²) in [5, 5.41) is 2.64. The van der Waals surface area contributed by atoms with Crippen LogP contribution in [0.5, 0.6) is 0 Å². The lowest BCUT2D eigenvalue weighted by atomic mass is 10.2. The topological polar surface area (TPSA) is 118 Å². The lowest BCUT2D eigenvalue weighted by molar-refractivity contribution is -0.147. The molecule has 41 heavy (non-hydrogen) atoms. The van der Waals surface area contributed by atoms with Crippen LogP contribution < -0.4 is 5.32 Å². The highest BCUT2D eigenvalue weighted by Gasteiger charge is 2.30. The number of nitrogens with one attached hydrogen (secondary N) is 1. The van der Waals surface area contributed by atoms with Crippen molar-refractivity contribution in [2.75, 3.05) is 13.2 Å². The Morgan fingerprint density at radius 1 is 0.829 bits per heavy atom. The van der Waals surface area contributed by atoms with Crippen LogP contribution in [0.3, 0.4) is 0 Å². The van der Waals surface area contributed by atoms with Crippen molar-refractivity contribution in [1.82, 2.24) is 14.9 Å². The van der Waals surface area contributed by atoms with Gasteiger partial charge >= 0.3 is 19.7 Å². The number of hydrogen-bond donors (Lipinski definition) is 1. The predicted molar refractivity (Wildman–Crippen MR) is 154 cm³/mol. The highest BCUT2D eigenvalue weighted by Crippen LogP contribution is 2.50. The number of rotatable bonds is 14. The van der Waals surface area contributed by atoms with Gasteiger partial charge in [0, 0.05) is 6.42 Å². The molecule has 4 rings (SSSR count). The zero-order valence-corrected chi connectivity index (χ0v) is 24.0. The zero-order valence-electron chi connectivity index (χ0n) is 23.1. The summed E-state index contributed by atoms with van der Waals surface area (Å²) in [4.78, 5) is 30.8. The van der Waals surface area contributed by atoms with Crippen LogP contribution in [-0.2, 0) is 53.8 Å². The van der Waals surface area contributed by atoms with Gasteiger partial charge < -0.3 is 28.4 Å². The molecule has 0 aliphatic carbocycles. The van der Waals surface area contributed by atoms with Crippen molar-refractivity contribution in [3.63, 3.8) is 0 Å². The Kier molecular flexibility index (Phi) is 10.7. The largest absolute Gasteiger partial charge is 0.459 e. The zero-order chi connectivity index (χ0) is 29.1. The first-order valence-corrected chi connectivity index (χ1v) is 15.1. The Morgan fingerprint density at radius 3 is 2.00 bits per heavy atom. The van der Waals surface area contributed by atoms with E-state index in [9.17, 15) is 14.2 Å². The third-order valence-electron chi connectivity index (χ3n) is 6.10. The van der Waals surface area contributed by atoms with Gasteiger partial charge in [0.25, 0.3) is 0 Å². The normalized spacial score (nSPS) is 12.1. The second-order valence-electron chi connectivity index (χ2n) is 9.09. The number of imidazole rings is 1. The number of alkyl carbamates (subject to hydrolysis) is 1. The summed E-state index contributed by atoms with van der Waals surface area (Å²) in [6.45, 7) is 3.93. The molecule has 4 aromatic rings. The third-order valence-corrected chi connectivity index (χ3v) is 8.03. The number of amides is 1. The molecule has 11 heteroatoms. The standard InChI is InChI=1S/C30H34N3O7P/c1-3-39-41(36,40-4-2)22-33-27-18-12-11-17-25(27)31-28(33)19-26(29(34)37-20-23-13-7-5-8-14-23)32-30(35)38-21-24-15-9-6-10-16-24/h5-18,26H,3-4,19-22H2,1-2H3,(H,32,35)/t26-/m1/s1. The Labute approximate surface area is 239 Å². The molecule has 0 saturated heterocycles. The summed E-state index contributed by atoms with van der Waals surface area (Å²) in [7, 11) is -3.54. The average Bonchev–Trinajstić information content (AvgIpc) is 3.32. The predicted octanol–water partition coefficient (Wildman–Crippen LogP) is 5.84. The van der Waals surface area contributed by atoms with E-state index >= 15 is 0 Å². The SMILES string of the molecule is CCOP(=O)(Cn1c(C[C@@H](NC(=O)OCc2ccccc2)C(=O)OCc2ccccc2)nc2ccccc21)OCC. The molecule has 1 atom stereocenters. The van der Waals surface area contributed by atoms with E-state index in [1.54, 1.807) is 18.4 Å².